The first-order valence-corrected chi connectivity index (χ1v) is 16.2. The van der Waals surface area contributed by atoms with Crippen LogP contribution >= 0.6 is 0 Å². The molecule has 2 aromatic rings. The number of hydrogen-bond donors (Lipinski definition) is 0. The molecular formula is C37H46N4. The number of aliphatic imine (C=N–C) groups is 2. The highest BCUT2D eigenvalue weighted by Crippen LogP contribution is 2.38. The zero-order chi connectivity index (χ0) is 29.0. The van der Waals surface area contributed by atoms with E-state index in [1.807, 2.05) is 0 Å². The summed E-state index contributed by atoms with van der Waals surface area (Å²) in [5.41, 5.74) is 18.7. The van der Waals surface area contributed by atoms with Crippen molar-refractivity contribution in [3.05, 3.63) is 78.0 Å². The van der Waals surface area contributed by atoms with Gasteiger partial charge < -0.3 is 9.13 Å². The second-order valence-corrected chi connectivity index (χ2v) is 11.5. The van der Waals surface area contributed by atoms with Gasteiger partial charge in [0.2, 0.25) is 0 Å². The van der Waals surface area contributed by atoms with Gasteiger partial charge in [-0.05, 0) is 120 Å². The van der Waals surface area contributed by atoms with Crippen molar-refractivity contribution < 1.29 is 0 Å². The largest absolute Gasteiger partial charge is 0.322 e. The van der Waals surface area contributed by atoms with Gasteiger partial charge in [0.05, 0.1) is 29.5 Å². The molecule has 0 aromatic carbocycles. The Morgan fingerprint density at radius 2 is 0.854 bits per heavy atom. The van der Waals surface area contributed by atoms with Gasteiger partial charge in [-0.2, -0.15) is 0 Å². The van der Waals surface area contributed by atoms with Crippen molar-refractivity contribution in [3.63, 3.8) is 0 Å². The van der Waals surface area contributed by atoms with Crippen LogP contribution in [0.2, 0.25) is 0 Å². The Hall–Kier alpha value is -3.40. The SMILES string of the molecule is CCC1=C(CC)/C2=C/c3c(CC)c(CC)c4n3Cn3/c(c(CC)c(CC)/c3=C/C3=NC(=C\4)/C(CC)=C3CC)=C\C1=N2. The highest BCUT2D eigenvalue weighted by molar-refractivity contribution is 6.24. The second-order valence-electron chi connectivity index (χ2n) is 11.5. The van der Waals surface area contributed by atoms with Gasteiger partial charge in [-0.15, -0.1) is 0 Å². The summed E-state index contributed by atoms with van der Waals surface area (Å²) in [5, 5.41) is 2.64. The van der Waals surface area contributed by atoms with Crippen LogP contribution in [0.15, 0.2) is 43.7 Å². The molecule has 4 aliphatic heterocycles. The molecule has 0 saturated heterocycles. The third-order valence-corrected chi connectivity index (χ3v) is 9.78. The van der Waals surface area contributed by atoms with Crippen molar-refractivity contribution >= 4 is 35.7 Å². The van der Waals surface area contributed by atoms with Crippen molar-refractivity contribution in [1.29, 1.82) is 0 Å². The molecule has 0 fully saturated rings. The Balaban J connectivity index is 1.88. The second kappa shape index (κ2) is 10.8. The van der Waals surface area contributed by atoms with Gasteiger partial charge in [-0.3, -0.25) is 0 Å². The van der Waals surface area contributed by atoms with E-state index in [2.05, 4.69) is 88.8 Å². The summed E-state index contributed by atoms with van der Waals surface area (Å²) in [7, 11) is 0. The van der Waals surface area contributed by atoms with E-state index in [0.717, 1.165) is 80.9 Å². The van der Waals surface area contributed by atoms with E-state index in [9.17, 15) is 0 Å². The topological polar surface area (TPSA) is 34.6 Å². The third-order valence-electron chi connectivity index (χ3n) is 9.78. The van der Waals surface area contributed by atoms with Crippen LogP contribution < -0.4 is 10.7 Å². The number of allylic oxidation sites excluding steroid dienone is 4. The lowest BCUT2D eigenvalue weighted by atomic mass is 9.97. The maximum absolute atomic E-state index is 5.37. The molecule has 2 aromatic heterocycles. The van der Waals surface area contributed by atoms with E-state index in [4.69, 9.17) is 9.98 Å². The van der Waals surface area contributed by atoms with Gasteiger partial charge >= 0.3 is 0 Å². The highest BCUT2D eigenvalue weighted by atomic mass is 15.2. The van der Waals surface area contributed by atoms with Crippen LogP contribution in [0, 0.1) is 0 Å². The molecule has 4 aliphatic rings. The lowest BCUT2D eigenvalue weighted by Gasteiger charge is -2.16. The quantitative estimate of drug-likeness (QED) is 0.329. The van der Waals surface area contributed by atoms with Crippen molar-refractivity contribution in [2.75, 3.05) is 0 Å². The van der Waals surface area contributed by atoms with Gasteiger partial charge in [-0.1, -0.05) is 55.4 Å². The molecule has 6 bridgehead atoms. The molecule has 6 rings (SSSR count). The van der Waals surface area contributed by atoms with Crippen LogP contribution in [0.1, 0.15) is 115 Å². The van der Waals surface area contributed by atoms with Gasteiger partial charge in [-0.25, -0.2) is 9.98 Å². The van der Waals surface area contributed by atoms with E-state index < -0.39 is 0 Å². The fourth-order valence-corrected chi connectivity index (χ4v) is 7.94. The van der Waals surface area contributed by atoms with Crippen LogP contribution in [0.25, 0.3) is 24.3 Å². The molecule has 6 heterocycles. The first-order chi connectivity index (χ1) is 20.0. The third kappa shape index (κ3) is 4.00. The molecule has 0 radical (unpaired) electrons. The number of fused-ring (bicyclic) bond motifs is 2. The van der Waals surface area contributed by atoms with E-state index in [1.165, 1.54) is 66.6 Å². The minimum absolute atomic E-state index is 0.794. The molecule has 0 amide bonds. The average molecular weight is 547 g/mol. The Morgan fingerprint density at radius 1 is 0.463 bits per heavy atom. The molecule has 214 valence electrons. The Bertz CT molecular complexity index is 1640. The van der Waals surface area contributed by atoms with Gasteiger partial charge in [0.1, 0.15) is 0 Å². The van der Waals surface area contributed by atoms with Gasteiger partial charge in [0, 0.05) is 22.1 Å². The number of aromatic nitrogens is 2. The number of nitrogens with zero attached hydrogens (tertiary/aromatic N) is 4. The maximum atomic E-state index is 5.37. The van der Waals surface area contributed by atoms with Gasteiger partial charge in [0.15, 0.2) is 0 Å². The highest BCUT2D eigenvalue weighted by Gasteiger charge is 2.29. The molecule has 0 aliphatic carbocycles. The van der Waals surface area contributed by atoms with Crippen LogP contribution in [-0.4, -0.2) is 20.6 Å². The standard InChI is InChI=1S/C37H46N4/c1-9-22-23(10-2)31-18-35-28(15-7)29(16-8)37-20-33-25(12-4)24(11-3)32(39-33)19-36-27(14-6)26(13-5)34(17-30(22)38-31)40(36)21-41(35)37/h17-20H,9-16,21H2,1-8H3/b30-17-,31-18?,32-19-,33-20?,34-17?,35-18-,36-19?,37-20-. The minimum Gasteiger partial charge on any atom is -0.322 e. The van der Waals surface area contributed by atoms with E-state index in [-0.39, 0.29) is 0 Å². The Labute approximate surface area is 246 Å². The molecular weight excluding hydrogens is 500 g/mol. The Morgan fingerprint density at radius 3 is 1.20 bits per heavy atom. The van der Waals surface area contributed by atoms with E-state index >= 15 is 0 Å². The molecule has 0 N–H and O–H groups in total. The first-order valence-electron chi connectivity index (χ1n) is 16.2. The molecule has 41 heavy (non-hydrogen) atoms. The van der Waals surface area contributed by atoms with Gasteiger partial charge in [0.25, 0.3) is 0 Å². The normalized spacial score (nSPS) is 21.5. The predicted molar refractivity (Wildman–Crippen MR) is 176 cm³/mol. The van der Waals surface area contributed by atoms with Crippen molar-refractivity contribution in [2.24, 2.45) is 9.98 Å². The first kappa shape index (κ1) is 27.8. The molecule has 0 saturated carbocycles. The zero-order valence-electron chi connectivity index (χ0n) is 26.5. The lowest BCUT2D eigenvalue weighted by Crippen LogP contribution is -2.33. The summed E-state index contributed by atoms with van der Waals surface area (Å²) in [6.45, 7) is 19.2. The summed E-state index contributed by atoms with van der Waals surface area (Å²) in [6.07, 6.45) is 17.7. The summed E-state index contributed by atoms with van der Waals surface area (Å²) >= 11 is 0. The van der Waals surface area contributed by atoms with Crippen LogP contribution in [0.3, 0.4) is 0 Å². The van der Waals surface area contributed by atoms with Crippen molar-refractivity contribution in [2.45, 2.75) is 113 Å². The molecule has 4 heteroatoms. The van der Waals surface area contributed by atoms with Crippen LogP contribution in [0.4, 0.5) is 0 Å². The van der Waals surface area contributed by atoms with Crippen LogP contribution in [-0.2, 0) is 32.4 Å². The predicted octanol–water partition coefficient (Wildman–Crippen LogP) is 7.46. The molecule has 0 unspecified atom stereocenters. The monoisotopic (exact) mass is 546 g/mol. The minimum atomic E-state index is 0.794. The summed E-state index contributed by atoms with van der Waals surface area (Å²) < 4.78 is 5.20. The van der Waals surface area contributed by atoms with Crippen LogP contribution in [0.5, 0.6) is 0 Å². The molecule has 0 atom stereocenters. The summed E-state index contributed by atoms with van der Waals surface area (Å²) in [5.74, 6) is 0. The zero-order valence-corrected chi connectivity index (χ0v) is 26.5. The van der Waals surface area contributed by atoms with E-state index in [1.54, 1.807) is 0 Å². The number of rotatable bonds is 8. The fourth-order valence-electron chi connectivity index (χ4n) is 7.94. The molecule has 4 nitrogen and oxygen atoms in total. The average Bonchev–Trinajstić information content (AvgIpc) is 3.67. The number of hydrogen-bond acceptors (Lipinski definition) is 2. The van der Waals surface area contributed by atoms with Crippen molar-refractivity contribution in [3.8, 4) is 0 Å². The fraction of sp³-hybridized carbons (Fsp3) is 0.459. The smallest absolute Gasteiger partial charge is 0.1000 e. The summed E-state index contributed by atoms with van der Waals surface area (Å²) in [6, 6.07) is 0. The maximum Gasteiger partial charge on any atom is 0.1000 e. The lowest BCUT2D eigenvalue weighted by molar-refractivity contribution is 0.577. The Kier molecular flexibility index (Phi) is 7.30. The molecule has 0 spiro atoms. The van der Waals surface area contributed by atoms with Crippen molar-refractivity contribution in [1.82, 2.24) is 9.13 Å². The summed E-state index contributed by atoms with van der Waals surface area (Å²) in [4.78, 5) is 10.7. The van der Waals surface area contributed by atoms with E-state index in [0.29, 0.717) is 0 Å².